The third-order valence-electron chi connectivity index (χ3n) is 4.89. The Bertz CT molecular complexity index is 928. The molecule has 0 bridgehead atoms. The molecule has 1 aromatic carbocycles. The molecule has 7 nitrogen and oxygen atoms in total. The van der Waals surface area contributed by atoms with Gasteiger partial charge in [-0.2, -0.15) is 0 Å². The lowest BCUT2D eigenvalue weighted by Crippen LogP contribution is -2.32. The first-order chi connectivity index (χ1) is 13.5. The number of piperidine rings is 1. The summed E-state index contributed by atoms with van der Waals surface area (Å²) in [6, 6.07) is 5.57. The minimum Gasteiger partial charge on any atom is -0.494 e. The zero-order valence-corrected chi connectivity index (χ0v) is 15.7. The quantitative estimate of drug-likeness (QED) is 0.558. The van der Waals surface area contributed by atoms with Crippen LogP contribution in [0.1, 0.15) is 36.8 Å². The minimum absolute atomic E-state index is 0.0114. The van der Waals surface area contributed by atoms with Crippen LogP contribution in [0.5, 0.6) is 5.88 Å². The fraction of sp³-hybridized carbons (Fsp3) is 0.450. The van der Waals surface area contributed by atoms with E-state index in [1.165, 1.54) is 49.7 Å². The van der Waals surface area contributed by atoms with E-state index in [1.54, 1.807) is 0 Å². The highest BCUT2D eigenvalue weighted by molar-refractivity contribution is 5.81. The molecular weight excluding hydrogens is 363 g/mol. The van der Waals surface area contributed by atoms with E-state index in [4.69, 9.17) is 0 Å². The van der Waals surface area contributed by atoms with E-state index in [0.29, 0.717) is 12.1 Å². The van der Waals surface area contributed by atoms with Gasteiger partial charge in [-0.3, -0.25) is 19.3 Å². The number of likely N-dealkylation sites (tertiary alicyclic amines) is 1. The van der Waals surface area contributed by atoms with Gasteiger partial charge in [0.05, 0.1) is 6.54 Å². The minimum atomic E-state index is -0.728. The lowest BCUT2D eigenvalue weighted by Gasteiger charge is -2.25. The summed E-state index contributed by atoms with van der Waals surface area (Å²) in [6.45, 7) is 3.75. The zero-order chi connectivity index (χ0) is 19.9. The molecule has 2 heterocycles. The molecular formula is C20H25FN4O3. The number of H-pyrrole nitrogens is 1. The first-order valence-electron chi connectivity index (χ1n) is 9.57. The summed E-state index contributed by atoms with van der Waals surface area (Å²) in [7, 11) is 0. The molecule has 2 aromatic rings. The van der Waals surface area contributed by atoms with E-state index >= 15 is 0 Å². The number of rotatable bonds is 7. The molecule has 1 aromatic heterocycles. The van der Waals surface area contributed by atoms with Gasteiger partial charge >= 0.3 is 5.69 Å². The zero-order valence-electron chi connectivity index (χ0n) is 15.7. The number of hydrogen-bond donors (Lipinski definition) is 2. The molecule has 8 heteroatoms. The van der Waals surface area contributed by atoms with Gasteiger partial charge in [0.1, 0.15) is 11.4 Å². The van der Waals surface area contributed by atoms with Gasteiger partial charge in [-0.15, -0.1) is 0 Å². The number of nitrogens with zero attached hydrogens (tertiary/aromatic N) is 3. The van der Waals surface area contributed by atoms with Crippen molar-refractivity contribution in [3.63, 3.8) is 0 Å². The molecule has 1 saturated heterocycles. The topological polar surface area (TPSA) is 90.7 Å². The first kappa shape index (κ1) is 20.0. The maximum absolute atomic E-state index is 13.0. The van der Waals surface area contributed by atoms with Gasteiger partial charge in [0, 0.05) is 12.8 Å². The molecule has 150 valence electrons. The summed E-state index contributed by atoms with van der Waals surface area (Å²) in [6.07, 6.45) is 5.95. The summed E-state index contributed by atoms with van der Waals surface area (Å²) >= 11 is 0. The molecule has 0 amide bonds. The Labute approximate surface area is 162 Å². The monoisotopic (exact) mass is 388 g/mol. The predicted molar refractivity (Wildman–Crippen MR) is 106 cm³/mol. The van der Waals surface area contributed by atoms with Crippen LogP contribution >= 0.6 is 0 Å². The molecule has 1 aliphatic rings. The van der Waals surface area contributed by atoms with Crippen molar-refractivity contribution < 1.29 is 9.50 Å². The van der Waals surface area contributed by atoms with Crippen LogP contribution in [-0.2, 0) is 6.54 Å². The van der Waals surface area contributed by atoms with Crippen molar-refractivity contribution in [1.29, 1.82) is 0 Å². The summed E-state index contributed by atoms with van der Waals surface area (Å²) in [5.41, 5.74) is -0.846. The molecule has 0 unspecified atom stereocenters. The summed E-state index contributed by atoms with van der Waals surface area (Å²) in [5, 5.41) is 10.4. The van der Waals surface area contributed by atoms with Crippen LogP contribution in [0.4, 0.5) is 4.39 Å². The maximum Gasteiger partial charge on any atom is 0.331 e. The largest absolute Gasteiger partial charge is 0.494 e. The molecule has 0 spiro atoms. The van der Waals surface area contributed by atoms with E-state index in [-0.39, 0.29) is 17.9 Å². The molecule has 0 radical (unpaired) electrons. The van der Waals surface area contributed by atoms with E-state index in [2.05, 4.69) is 14.9 Å². The summed E-state index contributed by atoms with van der Waals surface area (Å²) in [4.78, 5) is 32.9. The second-order valence-corrected chi connectivity index (χ2v) is 7.00. The van der Waals surface area contributed by atoms with Gasteiger partial charge in [-0.05, 0) is 56.6 Å². The van der Waals surface area contributed by atoms with Crippen LogP contribution in [0.25, 0.3) is 0 Å². The molecule has 0 saturated carbocycles. The second kappa shape index (κ2) is 9.45. The third-order valence-corrected chi connectivity index (χ3v) is 4.89. The number of halogens is 1. The summed E-state index contributed by atoms with van der Waals surface area (Å²) < 4.78 is 14.1. The van der Waals surface area contributed by atoms with Crippen LogP contribution in [0.15, 0.2) is 38.8 Å². The number of aromatic hydroxyl groups is 1. The Morgan fingerprint density at radius 3 is 2.57 bits per heavy atom. The van der Waals surface area contributed by atoms with Crippen LogP contribution < -0.4 is 11.2 Å². The first-order valence-corrected chi connectivity index (χ1v) is 9.57. The van der Waals surface area contributed by atoms with E-state index in [9.17, 15) is 19.1 Å². The normalized spacial score (nSPS) is 15.3. The average Bonchev–Trinajstić information content (AvgIpc) is 2.69. The van der Waals surface area contributed by atoms with Crippen molar-refractivity contribution in [2.75, 3.05) is 26.2 Å². The van der Waals surface area contributed by atoms with Crippen molar-refractivity contribution in [2.24, 2.45) is 4.99 Å². The Morgan fingerprint density at radius 2 is 1.86 bits per heavy atom. The fourth-order valence-corrected chi connectivity index (χ4v) is 3.33. The standard InChI is InChI=1S/C20H25FN4O3/c21-16-7-5-15(6-8-16)14-25-19(27)17(18(26)23-20(25)28)13-22-9-4-12-24-10-2-1-3-11-24/h5-8,13,27H,1-4,9-12,14H2,(H,23,26,28). The predicted octanol–water partition coefficient (Wildman–Crippen LogP) is 1.72. The fourth-order valence-electron chi connectivity index (χ4n) is 3.33. The molecule has 3 rings (SSSR count). The lowest BCUT2D eigenvalue weighted by atomic mass is 10.1. The number of aliphatic imine (C=N–C) groups is 1. The number of benzene rings is 1. The van der Waals surface area contributed by atoms with Crippen LogP contribution in [0, 0.1) is 5.82 Å². The highest BCUT2D eigenvalue weighted by atomic mass is 19.1. The Kier molecular flexibility index (Phi) is 6.76. The van der Waals surface area contributed by atoms with Crippen molar-refractivity contribution in [2.45, 2.75) is 32.2 Å². The van der Waals surface area contributed by atoms with Crippen LogP contribution in [-0.4, -0.2) is 52.0 Å². The van der Waals surface area contributed by atoms with E-state index < -0.39 is 17.1 Å². The number of aromatic nitrogens is 2. The van der Waals surface area contributed by atoms with Gasteiger partial charge < -0.3 is 10.0 Å². The SMILES string of the molecule is O=c1[nH]c(=O)n(Cc2ccc(F)cc2)c(O)c1C=NCCCN1CCCCC1. The highest BCUT2D eigenvalue weighted by Crippen LogP contribution is 2.12. The smallest absolute Gasteiger partial charge is 0.331 e. The van der Waals surface area contributed by atoms with Gasteiger partial charge in [0.25, 0.3) is 5.56 Å². The Hall–Kier alpha value is -2.74. The van der Waals surface area contributed by atoms with Crippen molar-refractivity contribution in [1.82, 2.24) is 14.5 Å². The molecule has 1 fully saturated rings. The van der Waals surface area contributed by atoms with E-state index in [1.807, 2.05) is 0 Å². The number of hydrogen-bond acceptors (Lipinski definition) is 5. The molecule has 2 N–H and O–H groups in total. The Morgan fingerprint density at radius 1 is 1.14 bits per heavy atom. The van der Waals surface area contributed by atoms with Gasteiger partial charge in [-0.1, -0.05) is 18.6 Å². The van der Waals surface area contributed by atoms with Crippen molar-refractivity contribution in [3.8, 4) is 5.88 Å². The van der Waals surface area contributed by atoms with E-state index in [0.717, 1.165) is 30.6 Å². The van der Waals surface area contributed by atoms with Crippen molar-refractivity contribution >= 4 is 6.21 Å². The lowest BCUT2D eigenvalue weighted by molar-refractivity contribution is 0.228. The van der Waals surface area contributed by atoms with Gasteiger partial charge in [-0.25, -0.2) is 9.18 Å². The Balaban J connectivity index is 1.67. The summed E-state index contributed by atoms with van der Waals surface area (Å²) in [5.74, 6) is -0.836. The molecule has 0 aliphatic carbocycles. The molecule has 0 atom stereocenters. The van der Waals surface area contributed by atoms with Gasteiger partial charge in [0.2, 0.25) is 5.88 Å². The maximum atomic E-state index is 13.0. The van der Waals surface area contributed by atoms with Crippen LogP contribution in [0.3, 0.4) is 0 Å². The van der Waals surface area contributed by atoms with Crippen molar-refractivity contribution in [3.05, 3.63) is 62.0 Å². The number of aromatic amines is 1. The molecule has 1 aliphatic heterocycles. The number of nitrogens with one attached hydrogen (secondary N) is 1. The third kappa shape index (κ3) is 5.16. The highest BCUT2D eigenvalue weighted by Gasteiger charge is 2.13. The average molecular weight is 388 g/mol. The second-order valence-electron chi connectivity index (χ2n) is 7.00. The van der Waals surface area contributed by atoms with Gasteiger partial charge in [0.15, 0.2) is 0 Å². The van der Waals surface area contributed by atoms with Crippen LogP contribution in [0.2, 0.25) is 0 Å². The molecule has 28 heavy (non-hydrogen) atoms.